The highest BCUT2D eigenvalue weighted by Crippen LogP contribution is 2.18. The summed E-state index contributed by atoms with van der Waals surface area (Å²) in [6.07, 6.45) is -0.112. The number of ether oxygens (including phenoxy) is 1. The van der Waals surface area contributed by atoms with Crippen LogP contribution in [0.2, 0.25) is 0 Å². The Kier molecular flexibility index (Phi) is 3.53. The largest absolute Gasteiger partial charge is 0.444 e. The number of carbonyl (C=O) groups excluding carboxylic acids is 2. The molecule has 0 bridgehead atoms. The average Bonchev–Trinajstić information content (AvgIpc) is 2.14. The van der Waals surface area contributed by atoms with E-state index in [1.54, 1.807) is 20.8 Å². The number of nitrogens with zero attached hydrogens (tertiary/aromatic N) is 2. The standard InChI is InChI=1S/C11H16N2O3/c1-11(2,3)16-10(15)13-5-4-9(14)6-8(13)7-12/h8H,4-6H2,1-3H3/t8-/m1/s1. The predicted molar refractivity (Wildman–Crippen MR) is 56.6 cm³/mol. The summed E-state index contributed by atoms with van der Waals surface area (Å²) >= 11 is 0. The molecule has 0 spiro atoms. The van der Waals surface area contributed by atoms with Gasteiger partial charge in [-0.2, -0.15) is 5.26 Å². The van der Waals surface area contributed by atoms with Crippen molar-refractivity contribution in [2.24, 2.45) is 0 Å². The summed E-state index contributed by atoms with van der Waals surface area (Å²) < 4.78 is 5.17. The number of hydrogen-bond donors (Lipinski definition) is 0. The number of hydrogen-bond acceptors (Lipinski definition) is 4. The predicted octanol–water partition coefficient (Wildman–Crippen LogP) is 1.48. The average molecular weight is 224 g/mol. The van der Waals surface area contributed by atoms with Crippen molar-refractivity contribution in [2.45, 2.75) is 45.3 Å². The highest BCUT2D eigenvalue weighted by molar-refractivity contribution is 5.83. The Morgan fingerprint density at radius 2 is 2.19 bits per heavy atom. The van der Waals surface area contributed by atoms with Crippen molar-refractivity contribution in [2.75, 3.05) is 6.54 Å². The first kappa shape index (κ1) is 12.5. The molecule has 0 saturated carbocycles. The van der Waals surface area contributed by atoms with Gasteiger partial charge in [0.15, 0.2) is 0 Å². The van der Waals surface area contributed by atoms with E-state index in [2.05, 4.69) is 0 Å². The second-order valence-electron chi connectivity index (χ2n) is 4.81. The molecule has 0 radical (unpaired) electrons. The Bertz CT molecular complexity index is 338. The number of piperidine rings is 1. The van der Waals surface area contributed by atoms with Gasteiger partial charge in [-0.05, 0) is 20.8 Å². The molecule has 88 valence electrons. The molecule has 1 atom stereocenters. The zero-order chi connectivity index (χ0) is 12.3. The maximum atomic E-state index is 11.7. The lowest BCUT2D eigenvalue weighted by Crippen LogP contribution is -2.47. The molecule has 1 heterocycles. The first-order valence-electron chi connectivity index (χ1n) is 5.24. The number of Topliss-reactive ketones (excluding diaryl/α,β-unsaturated/α-hetero) is 1. The third-order valence-electron chi connectivity index (χ3n) is 2.21. The zero-order valence-corrected chi connectivity index (χ0v) is 9.82. The third-order valence-corrected chi connectivity index (χ3v) is 2.21. The van der Waals surface area contributed by atoms with Gasteiger partial charge in [0, 0.05) is 19.4 Å². The van der Waals surface area contributed by atoms with E-state index in [-0.39, 0.29) is 18.7 Å². The van der Waals surface area contributed by atoms with Gasteiger partial charge in [-0.25, -0.2) is 4.79 Å². The number of rotatable bonds is 0. The van der Waals surface area contributed by atoms with Crippen molar-refractivity contribution >= 4 is 11.9 Å². The molecule has 1 aliphatic rings. The molecule has 0 aromatic carbocycles. The van der Waals surface area contributed by atoms with Gasteiger partial charge in [0.2, 0.25) is 0 Å². The molecule has 1 fully saturated rings. The van der Waals surface area contributed by atoms with E-state index < -0.39 is 17.7 Å². The van der Waals surface area contributed by atoms with Crippen LogP contribution in [0.3, 0.4) is 0 Å². The summed E-state index contributed by atoms with van der Waals surface area (Å²) in [5, 5.41) is 8.87. The van der Waals surface area contributed by atoms with E-state index in [4.69, 9.17) is 10.00 Å². The topological polar surface area (TPSA) is 70.4 Å². The Morgan fingerprint density at radius 3 is 2.69 bits per heavy atom. The SMILES string of the molecule is CC(C)(C)OC(=O)N1CCC(=O)C[C@@H]1C#N. The first-order chi connectivity index (χ1) is 7.33. The van der Waals surface area contributed by atoms with Crippen molar-refractivity contribution in [1.82, 2.24) is 4.90 Å². The quantitative estimate of drug-likeness (QED) is 0.624. The highest BCUT2D eigenvalue weighted by atomic mass is 16.6. The molecule has 16 heavy (non-hydrogen) atoms. The minimum atomic E-state index is -0.684. The fraction of sp³-hybridized carbons (Fsp3) is 0.727. The lowest BCUT2D eigenvalue weighted by atomic mass is 10.0. The van der Waals surface area contributed by atoms with Crippen LogP contribution in [0, 0.1) is 11.3 Å². The van der Waals surface area contributed by atoms with Crippen LogP contribution < -0.4 is 0 Å². The zero-order valence-electron chi connectivity index (χ0n) is 9.82. The Balaban J connectivity index is 2.68. The van der Waals surface area contributed by atoms with Crippen LogP contribution in [-0.4, -0.2) is 35.0 Å². The molecule has 1 saturated heterocycles. The number of carbonyl (C=O) groups is 2. The van der Waals surface area contributed by atoms with Gasteiger partial charge in [0.25, 0.3) is 0 Å². The van der Waals surface area contributed by atoms with Crippen LogP contribution in [0.15, 0.2) is 0 Å². The first-order valence-corrected chi connectivity index (χ1v) is 5.24. The van der Waals surface area contributed by atoms with Crippen molar-refractivity contribution < 1.29 is 14.3 Å². The van der Waals surface area contributed by atoms with E-state index in [9.17, 15) is 9.59 Å². The van der Waals surface area contributed by atoms with Gasteiger partial charge in [0.1, 0.15) is 17.4 Å². The number of ketones is 1. The second-order valence-corrected chi connectivity index (χ2v) is 4.81. The Hall–Kier alpha value is -1.57. The van der Waals surface area contributed by atoms with E-state index in [0.29, 0.717) is 6.42 Å². The molecule has 0 N–H and O–H groups in total. The third kappa shape index (κ3) is 3.23. The molecule has 0 unspecified atom stereocenters. The minimum Gasteiger partial charge on any atom is -0.444 e. The number of amides is 1. The molecule has 0 aromatic rings. The van der Waals surface area contributed by atoms with Gasteiger partial charge >= 0.3 is 6.09 Å². The summed E-state index contributed by atoms with van der Waals surface area (Å²) in [4.78, 5) is 24.2. The Labute approximate surface area is 95.0 Å². The fourth-order valence-electron chi connectivity index (χ4n) is 1.48. The van der Waals surface area contributed by atoms with E-state index in [1.807, 2.05) is 6.07 Å². The molecule has 0 aromatic heterocycles. The summed E-state index contributed by atoms with van der Waals surface area (Å²) in [6, 6.07) is 1.27. The van der Waals surface area contributed by atoms with E-state index >= 15 is 0 Å². The normalized spacial score (nSPS) is 21.5. The monoisotopic (exact) mass is 224 g/mol. The van der Waals surface area contributed by atoms with Crippen LogP contribution in [0.5, 0.6) is 0 Å². The number of likely N-dealkylation sites (tertiary alicyclic amines) is 1. The maximum absolute atomic E-state index is 11.7. The molecule has 1 aliphatic heterocycles. The van der Waals surface area contributed by atoms with Crippen molar-refractivity contribution in [1.29, 1.82) is 5.26 Å². The van der Waals surface area contributed by atoms with E-state index in [1.165, 1.54) is 4.90 Å². The van der Waals surface area contributed by atoms with Crippen LogP contribution in [0.25, 0.3) is 0 Å². The summed E-state index contributed by atoms with van der Waals surface area (Å²) in [7, 11) is 0. The lowest BCUT2D eigenvalue weighted by molar-refractivity contribution is -0.122. The Morgan fingerprint density at radius 1 is 1.56 bits per heavy atom. The summed E-state index contributed by atoms with van der Waals surface area (Å²) in [6.45, 7) is 5.57. The van der Waals surface area contributed by atoms with Crippen LogP contribution in [0.4, 0.5) is 4.79 Å². The van der Waals surface area contributed by atoms with Gasteiger partial charge in [-0.15, -0.1) is 0 Å². The minimum absolute atomic E-state index is 0.0198. The molecule has 1 amide bonds. The molecular formula is C11H16N2O3. The van der Waals surface area contributed by atoms with Crippen LogP contribution in [0.1, 0.15) is 33.6 Å². The second kappa shape index (κ2) is 4.52. The maximum Gasteiger partial charge on any atom is 0.411 e. The molecule has 5 heteroatoms. The van der Waals surface area contributed by atoms with Gasteiger partial charge in [-0.3, -0.25) is 9.69 Å². The van der Waals surface area contributed by atoms with E-state index in [0.717, 1.165) is 0 Å². The van der Waals surface area contributed by atoms with Crippen LogP contribution >= 0.6 is 0 Å². The van der Waals surface area contributed by atoms with Crippen molar-refractivity contribution in [3.8, 4) is 6.07 Å². The van der Waals surface area contributed by atoms with Crippen molar-refractivity contribution in [3.05, 3.63) is 0 Å². The molecular weight excluding hydrogens is 208 g/mol. The van der Waals surface area contributed by atoms with Crippen molar-refractivity contribution in [3.63, 3.8) is 0 Å². The van der Waals surface area contributed by atoms with Gasteiger partial charge < -0.3 is 4.74 Å². The summed E-state index contributed by atoms with van der Waals surface area (Å²) in [5.74, 6) is 0.0198. The molecule has 1 rings (SSSR count). The lowest BCUT2D eigenvalue weighted by Gasteiger charge is -2.32. The highest BCUT2D eigenvalue weighted by Gasteiger charge is 2.33. The fourth-order valence-corrected chi connectivity index (χ4v) is 1.48. The number of nitriles is 1. The molecule has 0 aliphatic carbocycles. The smallest absolute Gasteiger partial charge is 0.411 e. The van der Waals surface area contributed by atoms with Gasteiger partial charge in [-0.1, -0.05) is 0 Å². The van der Waals surface area contributed by atoms with Crippen LogP contribution in [-0.2, 0) is 9.53 Å². The summed E-state index contributed by atoms with van der Waals surface area (Å²) in [5.41, 5.74) is -0.585. The molecule has 5 nitrogen and oxygen atoms in total. The van der Waals surface area contributed by atoms with Gasteiger partial charge in [0.05, 0.1) is 6.07 Å².